The Hall–Kier alpha value is -3.62. The van der Waals surface area contributed by atoms with Gasteiger partial charge in [-0.15, -0.1) is 10.2 Å². The minimum Gasteiger partial charge on any atom is -0.495 e. The molecule has 0 fully saturated rings. The summed E-state index contributed by atoms with van der Waals surface area (Å²) >= 11 is 6.48. The van der Waals surface area contributed by atoms with Gasteiger partial charge in [0.1, 0.15) is 18.0 Å². The Morgan fingerprint density at radius 3 is 2.70 bits per heavy atom. The maximum absolute atomic E-state index is 13.8. The lowest BCUT2D eigenvalue weighted by molar-refractivity contribution is -0.146. The summed E-state index contributed by atoms with van der Waals surface area (Å²) in [6.07, 6.45) is -8.10. The van der Waals surface area contributed by atoms with Gasteiger partial charge in [-0.25, -0.2) is 4.85 Å². The summed E-state index contributed by atoms with van der Waals surface area (Å²) < 4.78 is 53.4. The van der Waals surface area contributed by atoms with Crippen LogP contribution >= 0.6 is 11.6 Å². The average Bonchev–Trinajstić information content (AvgIpc) is 3.17. The minimum absolute atomic E-state index is 0.00787. The molecule has 4 rings (SSSR count). The fourth-order valence-electron chi connectivity index (χ4n) is 3.68. The molecule has 1 aliphatic heterocycles. The molecule has 2 atom stereocenters. The third-order valence-electron chi connectivity index (χ3n) is 5.05. The molecule has 1 N–H and O–H groups in total. The van der Waals surface area contributed by atoms with E-state index in [4.69, 9.17) is 27.6 Å². The highest BCUT2D eigenvalue weighted by atomic mass is 35.5. The number of halogens is 4. The monoisotopic (exact) mass is 478 g/mol. The van der Waals surface area contributed by atoms with Crippen molar-refractivity contribution in [3.63, 3.8) is 0 Å². The molecule has 3 aromatic rings. The zero-order chi connectivity index (χ0) is 23.9. The van der Waals surface area contributed by atoms with Crippen molar-refractivity contribution in [2.45, 2.75) is 24.8 Å². The average molecular weight is 479 g/mol. The van der Waals surface area contributed by atoms with E-state index in [2.05, 4.69) is 15.0 Å². The zero-order valence-electron chi connectivity index (χ0n) is 16.8. The van der Waals surface area contributed by atoms with E-state index in [1.54, 1.807) is 18.2 Å². The Bertz CT molecular complexity index is 1290. The van der Waals surface area contributed by atoms with Crippen LogP contribution in [-0.2, 0) is 15.7 Å². The maximum Gasteiger partial charge on any atom is 0.452 e. The lowest BCUT2D eigenvalue weighted by Crippen LogP contribution is -2.17. The van der Waals surface area contributed by atoms with Gasteiger partial charge in [-0.05, 0) is 23.8 Å². The molecular weight excluding hydrogens is 465 g/mol. The maximum atomic E-state index is 13.8. The molecule has 0 saturated carbocycles. The number of ether oxygens (including phenoxy) is 2. The molecule has 0 radical (unpaired) electrons. The summed E-state index contributed by atoms with van der Waals surface area (Å²) in [7, 11) is 1.40. The SMILES string of the molecule is [C-]#[N+]c1ccc2c(c1)[C@@H](c1cccc(OC)c1Cl)O[C@H](CC(=O)O)c1nnc(C(F)(F)F)n1-2. The summed E-state index contributed by atoms with van der Waals surface area (Å²) in [6.45, 7) is 7.33. The number of fused-ring (bicyclic) bond motifs is 3. The molecule has 170 valence electrons. The van der Waals surface area contributed by atoms with E-state index in [9.17, 15) is 23.1 Å². The van der Waals surface area contributed by atoms with Crippen LogP contribution in [0.25, 0.3) is 10.5 Å². The van der Waals surface area contributed by atoms with Crippen LogP contribution in [0.4, 0.5) is 18.9 Å². The van der Waals surface area contributed by atoms with E-state index in [-0.39, 0.29) is 33.5 Å². The summed E-state index contributed by atoms with van der Waals surface area (Å²) in [5, 5.41) is 16.4. The lowest BCUT2D eigenvalue weighted by atomic mass is 9.98. The molecule has 0 spiro atoms. The number of alkyl halides is 3. The number of nitrogens with zero attached hydrogens (tertiary/aromatic N) is 4. The Labute approximate surface area is 190 Å². The normalized spacial score (nSPS) is 17.5. The molecule has 2 heterocycles. The van der Waals surface area contributed by atoms with Crippen molar-refractivity contribution in [3.8, 4) is 11.4 Å². The number of carboxylic acid groups (broad SMARTS) is 1. The van der Waals surface area contributed by atoms with Gasteiger partial charge in [0.25, 0.3) is 0 Å². The molecule has 1 aliphatic rings. The highest BCUT2D eigenvalue weighted by molar-refractivity contribution is 6.32. The van der Waals surface area contributed by atoms with Gasteiger partial charge < -0.3 is 14.6 Å². The number of carboxylic acids is 1. The van der Waals surface area contributed by atoms with Crippen molar-refractivity contribution in [2.24, 2.45) is 0 Å². The minimum atomic E-state index is -4.89. The van der Waals surface area contributed by atoms with Crippen molar-refractivity contribution >= 4 is 23.3 Å². The number of methoxy groups -OCH3 is 1. The van der Waals surface area contributed by atoms with Gasteiger partial charge in [0.2, 0.25) is 5.82 Å². The van der Waals surface area contributed by atoms with E-state index >= 15 is 0 Å². The summed E-state index contributed by atoms with van der Waals surface area (Å²) in [6, 6.07) is 8.81. The second-order valence-electron chi connectivity index (χ2n) is 7.04. The van der Waals surface area contributed by atoms with Gasteiger partial charge in [-0.2, -0.15) is 13.2 Å². The van der Waals surface area contributed by atoms with Crippen molar-refractivity contribution in [1.29, 1.82) is 0 Å². The van der Waals surface area contributed by atoms with E-state index in [1.165, 1.54) is 25.3 Å². The summed E-state index contributed by atoms with van der Waals surface area (Å²) in [5.74, 6) is -2.70. The first kappa shape index (κ1) is 22.6. The summed E-state index contributed by atoms with van der Waals surface area (Å²) in [4.78, 5) is 14.9. The van der Waals surface area contributed by atoms with E-state index in [0.29, 0.717) is 5.56 Å². The second kappa shape index (κ2) is 8.38. The molecule has 2 aromatic carbocycles. The molecule has 33 heavy (non-hydrogen) atoms. The lowest BCUT2D eigenvalue weighted by Gasteiger charge is -2.23. The molecule has 0 amide bonds. The highest BCUT2D eigenvalue weighted by Crippen LogP contribution is 2.46. The van der Waals surface area contributed by atoms with Crippen LogP contribution in [0.5, 0.6) is 5.75 Å². The molecule has 0 bridgehead atoms. The zero-order valence-corrected chi connectivity index (χ0v) is 17.6. The van der Waals surface area contributed by atoms with Crippen LogP contribution in [0, 0.1) is 6.57 Å². The van der Waals surface area contributed by atoms with E-state index in [0.717, 1.165) is 4.57 Å². The van der Waals surface area contributed by atoms with Crippen LogP contribution in [-0.4, -0.2) is 33.0 Å². The number of hydrogen-bond donors (Lipinski definition) is 1. The van der Waals surface area contributed by atoms with Crippen molar-refractivity contribution in [1.82, 2.24) is 14.8 Å². The van der Waals surface area contributed by atoms with Gasteiger partial charge in [-0.3, -0.25) is 9.36 Å². The molecule has 0 aliphatic carbocycles. The number of aliphatic carboxylic acids is 1. The Morgan fingerprint density at radius 2 is 2.06 bits per heavy atom. The molecule has 12 heteroatoms. The number of hydrogen-bond acceptors (Lipinski definition) is 5. The topological polar surface area (TPSA) is 90.8 Å². The van der Waals surface area contributed by atoms with Gasteiger partial charge in [0.15, 0.2) is 11.5 Å². The Balaban J connectivity index is 2.05. The predicted octanol–water partition coefficient (Wildman–Crippen LogP) is 5.13. The highest BCUT2D eigenvalue weighted by Gasteiger charge is 2.43. The molecule has 1 aromatic heterocycles. The Kier molecular flexibility index (Phi) is 5.73. The first-order chi connectivity index (χ1) is 15.7. The third kappa shape index (κ3) is 3.99. The van der Waals surface area contributed by atoms with Crippen LogP contribution in [0.15, 0.2) is 36.4 Å². The van der Waals surface area contributed by atoms with Crippen LogP contribution < -0.4 is 4.74 Å². The predicted molar refractivity (Wildman–Crippen MR) is 109 cm³/mol. The number of rotatable bonds is 4. The molecule has 8 nitrogen and oxygen atoms in total. The third-order valence-corrected chi connectivity index (χ3v) is 5.45. The van der Waals surface area contributed by atoms with Gasteiger partial charge in [0.05, 0.1) is 30.8 Å². The largest absolute Gasteiger partial charge is 0.495 e. The van der Waals surface area contributed by atoms with Crippen LogP contribution in [0.3, 0.4) is 0 Å². The van der Waals surface area contributed by atoms with E-state index < -0.39 is 36.6 Å². The van der Waals surface area contributed by atoms with E-state index in [1.807, 2.05) is 0 Å². The fourth-order valence-corrected chi connectivity index (χ4v) is 3.98. The van der Waals surface area contributed by atoms with Crippen molar-refractivity contribution < 1.29 is 32.5 Å². The standard InChI is InChI=1S/C21H14ClF3N4O4/c1-26-10-6-7-13-12(8-10)18(11-4-3-5-14(32-2)17(11)22)33-15(9-16(30)31)19-27-28-20(29(13)19)21(23,24)25/h3-8,15,18H,9H2,2H3,(H,30,31)/t15-,18-/m1/s1. The van der Waals surface area contributed by atoms with Crippen LogP contribution in [0.1, 0.15) is 41.4 Å². The van der Waals surface area contributed by atoms with Crippen molar-refractivity contribution in [3.05, 3.63) is 75.6 Å². The Morgan fingerprint density at radius 1 is 1.30 bits per heavy atom. The van der Waals surface area contributed by atoms with Gasteiger partial charge in [-0.1, -0.05) is 29.8 Å². The number of benzene rings is 2. The molecular formula is C21H14ClF3N4O4. The molecule has 0 saturated heterocycles. The number of carbonyl (C=O) groups is 1. The van der Waals surface area contributed by atoms with Crippen LogP contribution in [0.2, 0.25) is 5.02 Å². The van der Waals surface area contributed by atoms with Gasteiger partial charge >= 0.3 is 12.1 Å². The fraction of sp³-hybridized carbons (Fsp3) is 0.238. The second-order valence-corrected chi connectivity index (χ2v) is 7.41. The van der Waals surface area contributed by atoms with Gasteiger partial charge in [0, 0.05) is 5.56 Å². The first-order valence-corrected chi connectivity index (χ1v) is 9.77. The van der Waals surface area contributed by atoms with Crippen molar-refractivity contribution in [2.75, 3.05) is 7.11 Å². The quantitative estimate of drug-likeness (QED) is 0.522. The smallest absolute Gasteiger partial charge is 0.452 e. The molecule has 0 unspecified atom stereocenters. The number of aromatic nitrogens is 3. The first-order valence-electron chi connectivity index (χ1n) is 9.39. The summed E-state index contributed by atoms with van der Waals surface area (Å²) in [5.41, 5.74) is 0.618.